The van der Waals surface area contributed by atoms with Crippen molar-refractivity contribution >= 4 is 21.8 Å². The molecule has 1 fully saturated rings. The van der Waals surface area contributed by atoms with Crippen LogP contribution < -0.4 is 0 Å². The van der Waals surface area contributed by atoms with Crippen molar-refractivity contribution in [3.8, 4) is 0 Å². The molecule has 1 aromatic rings. The summed E-state index contributed by atoms with van der Waals surface area (Å²) in [6.07, 6.45) is 2.20. The monoisotopic (exact) mass is 311 g/mol. The first-order valence-electron chi connectivity index (χ1n) is 6.37. The molecule has 1 amide bonds. The van der Waals surface area contributed by atoms with E-state index >= 15 is 0 Å². The summed E-state index contributed by atoms with van der Waals surface area (Å²) in [6.45, 7) is 4.34. The first-order valence-corrected chi connectivity index (χ1v) is 7.16. The van der Waals surface area contributed by atoms with Gasteiger partial charge in [0.25, 0.3) is 5.91 Å². The Labute approximate surface area is 116 Å². The van der Waals surface area contributed by atoms with E-state index in [0.29, 0.717) is 6.10 Å². The van der Waals surface area contributed by atoms with E-state index in [1.54, 1.807) is 0 Å². The second-order valence-electron chi connectivity index (χ2n) is 4.46. The molecule has 18 heavy (non-hydrogen) atoms. The fraction of sp³-hybridized carbons (Fsp3) is 0.500. The number of amides is 1. The molecule has 0 spiro atoms. The molecule has 0 radical (unpaired) electrons. The van der Waals surface area contributed by atoms with Gasteiger partial charge in [0.2, 0.25) is 0 Å². The number of benzene rings is 1. The van der Waals surface area contributed by atoms with Crippen LogP contribution in [0.25, 0.3) is 0 Å². The lowest BCUT2D eigenvalue weighted by Gasteiger charge is -2.31. The van der Waals surface area contributed by atoms with Crippen LogP contribution in [0.2, 0.25) is 0 Å². The zero-order valence-corrected chi connectivity index (χ0v) is 12.1. The molecular weight excluding hydrogens is 294 g/mol. The summed E-state index contributed by atoms with van der Waals surface area (Å²) in [5.41, 5.74) is 0.749. The Morgan fingerprint density at radius 3 is 2.78 bits per heavy atom. The Morgan fingerprint density at radius 2 is 2.17 bits per heavy atom. The average molecular weight is 312 g/mol. The quantitative estimate of drug-likeness (QED) is 0.858. The number of nitrogens with zero attached hydrogens (tertiary/aromatic N) is 1. The van der Waals surface area contributed by atoms with Gasteiger partial charge in [-0.3, -0.25) is 4.79 Å². The SMILES string of the molecule is CCOC1CCN(C(=O)c2cccc(Br)c2)CC1. The van der Waals surface area contributed by atoms with Gasteiger partial charge in [-0.25, -0.2) is 0 Å². The molecule has 0 aliphatic carbocycles. The summed E-state index contributed by atoms with van der Waals surface area (Å²) in [5.74, 6) is 0.117. The van der Waals surface area contributed by atoms with Crippen LogP contribution in [0.5, 0.6) is 0 Å². The fourth-order valence-corrected chi connectivity index (χ4v) is 2.66. The molecule has 0 bridgehead atoms. The number of hydrogen-bond donors (Lipinski definition) is 0. The summed E-state index contributed by atoms with van der Waals surface area (Å²) in [6, 6.07) is 7.56. The summed E-state index contributed by atoms with van der Waals surface area (Å²) >= 11 is 3.39. The van der Waals surface area contributed by atoms with E-state index in [4.69, 9.17) is 4.74 Å². The van der Waals surface area contributed by atoms with E-state index in [2.05, 4.69) is 15.9 Å². The predicted octanol–water partition coefficient (Wildman–Crippen LogP) is 3.09. The van der Waals surface area contributed by atoms with Crippen LogP contribution in [0.1, 0.15) is 30.1 Å². The highest BCUT2D eigenvalue weighted by Gasteiger charge is 2.23. The Kier molecular flexibility index (Phi) is 4.78. The third-order valence-corrected chi connectivity index (χ3v) is 3.70. The number of carbonyl (C=O) groups is 1. The minimum absolute atomic E-state index is 0.117. The zero-order valence-electron chi connectivity index (χ0n) is 10.6. The molecule has 0 saturated carbocycles. The predicted molar refractivity (Wildman–Crippen MR) is 74.7 cm³/mol. The largest absolute Gasteiger partial charge is 0.378 e. The molecule has 0 atom stereocenters. The Balaban J connectivity index is 1.95. The Hall–Kier alpha value is -0.870. The molecule has 1 saturated heterocycles. The lowest BCUT2D eigenvalue weighted by molar-refractivity contribution is 0.0146. The Bertz CT molecular complexity index is 414. The maximum Gasteiger partial charge on any atom is 0.253 e. The van der Waals surface area contributed by atoms with Gasteiger partial charge in [0.15, 0.2) is 0 Å². The van der Waals surface area contributed by atoms with E-state index < -0.39 is 0 Å². The molecule has 2 rings (SSSR count). The van der Waals surface area contributed by atoms with E-state index in [9.17, 15) is 4.79 Å². The fourth-order valence-electron chi connectivity index (χ4n) is 2.27. The second kappa shape index (κ2) is 6.34. The minimum Gasteiger partial charge on any atom is -0.378 e. The molecule has 0 unspecified atom stereocenters. The van der Waals surface area contributed by atoms with Crippen molar-refractivity contribution in [3.05, 3.63) is 34.3 Å². The summed E-state index contributed by atoms with van der Waals surface area (Å²) in [5, 5.41) is 0. The van der Waals surface area contributed by atoms with Crippen molar-refractivity contribution in [1.29, 1.82) is 0 Å². The third-order valence-electron chi connectivity index (χ3n) is 3.20. The van der Waals surface area contributed by atoms with Crippen LogP contribution in [-0.4, -0.2) is 36.6 Å². The molecule has 3 nitrogen and oxygen atoms in total. The molecule has 98 valence electrons. The number of ether oxygens (including phenoxy) is 1. The van der Waals surface area contributed by atoms with E-state index in [1.165, 1.54) is 0 Å². The van der Waals surface area contributed by atoms with Crippen LogP contribution >= 0.6 is 15.9 Å². The average Bonchev–Trinajstić information content (AvgIpc) is 2.39. The molecular formula is C14H18BrNO2. The maximum absolute atomic E-state index is 12.3. The van der Waals surface area contributed by atoms with Crippen LogP contribution in [0.4, 0.5) is 0 Å². The smallest absolute Gasteiger partial charge is 0.253 e. The van der Waals surface area contributed by atoms with E-state index in [-0.39, 0.29) is 5.91 Å². The van der Waals surface area contributed by atoms with E-state index in [0.717, 1.165) is 42.6 Å². The van der Waals surface area contributed by atoms with Crippen molar-refractivity contribution in [2.45, 2.75) is 25.9 Å². The lowest BCUT2D eigenvalue weighted by atomic mass is 10.1. The Morgan fingerprint density at radius 1 is 1.44 bits per heavy atom. The third kappa shape index (κ3) is 3.33. The second-order valence-corrected chi connectivity index (χ2v) is 5.37. The highest BCUT2D eigenvalue weighted by atomic mass is 79.9. The lowest BCUT2D eigenvalue weighted by Crippen LogP contribution is -2.40. The van der Waals surface area contributed by atoms with Crippen LogP contribution in [0, 0.1) is 0 Å². The number of piperidine rings is 1. The number of hydrogen-bond acceptors (Lipinski definition) is 2. The van der Waals surface area contributed by atoms with E-state index in [1.807, 2.05) is 36.1 Å². The molecule has 0 aromatic heterocycles. The van der Waals surface area contributed by atoms with Crippen LogP contribution in [0.3, 0.4) is 0 Å². The first kappa shape index (κ1) is 13.6. The van der Waals surface area contributed by atoms with Gasteiger partial charge >= 0.3 is 0 Å². The summed E-state index contributed by atoms with van der Waals surface area (Å²) < 4.78 is 6.53. The molecule has 1 heterocycles. The highest BCUT2D eigenvalue weighted by molar-refractivity contribution is 9.10. The number of carbonyl (C=O) groups excluding carboxylic acids is 1. The zero-order chi connectivity index (χ0) is 13.0. The van der Waals surface area contributed by atoms with Gasteiger partial charge in [0.1, 0.15) is 0 Å². The highest BCUT2D eigenvalue weighted by Crippen LogP contribution is 2.18. The van der Waals surface area contributed by atoms with Gasteiger partial charge in [-0.1, -0.05) is 22.0 Å². The van der Waals surface area contributed by atoms with Gasteiger partial charge in [0.05, 0.1) is 6.10 Å². The van der Waals surface area contributed by atoms with Crippen LogP contribution in [0.15, 0.2) is 28.7 Å². The maximum atomic E-state index is 12.3. The van der Waals surface area contributed by atoms with Gasteiger partial charge in [-0.05, 0) is 38.0 Å². The summed E-state index contributed by atoms with van der Waals surface area (Å²) in [4.78, 5) is 14.2. The van der Waals surface area contributed by atoms with Gasteiger partial charge in [-0.2, -0.15) is 0 Å². The standard InChI is InChI=1S/C14H18BrNO2/c1-2-18-13-6-8-16(9-7-13)14(17)11-4-3-5-12(15)10-11/h3-5,10,13H,2,6-9H2,1H3. The van der Waals surface area contributed by atoms with Crippen molar-refractivity contribution in [1.82, 2.24) is 4.90 Å². The molecule has 1 aromatic carbocycles. The van der Waals surface area contributed by atoms with Gasteiger partial charge < -0.3 is 9.64 Å². The van der Waals surface area contributed by atoms with Crippen LogP contribution in [-0.2, 0) is 4.74 Å². The normalized spacial score (nSPS) is 16.9. The van der Waals surface area contributed by atoms with Gasteiger partial charge in [-0.15, -0.1) is 0 Å². The molecule has 4 heteroatoms. The summed E-state index contributed by atoms with van der Waals surface area (Å²) in [7, 11) is 0. The van der Waals surface area contributed by atoms with Crippen molar-refractivity contribution in [2.75, 3.05) is 19.7 Å². The number of halogens is 1. The first-order chi connectivity index (χ1) is 8.70. The van der Waals surface area contributed by atoms with Crippen molar-refractivity contribution in [3.63, 3.8) is 0 Å². The number of likely N-dealkylation sites (tertiary alicyclic amines) is 1. The van der Waals surface area contributed by atoms with Gasteiger partial charge in [0, 0.05) is 29.7 Å². The topological polar surface area (TPSA) is 29.5 Å². The molecule has 1 aliphatic heterocycles. The number of rotatable bonds is 3. The molecule has 1 aliphatic rings. The molecule has 0 N–H and O–H groups in total. The van der Waals surface area contributed by atoms with Crippen molar-refractivity contribution in [2.24, 2.45) is 0 Å². The van der Waals surface area contributed by atoms with Crippen molar-refractivity contribution < 1.29 is 9.53 Å². The minimum atomic E-state index is 0.117.